The van der Waals surface area contributed by atoms with Crippen LogP contribution in [0.25, 0.3) is 0 Å². The Balaban J connectivity index is 2.27. The molecule has 0 bridgehead atoms. The van der Waals surface area contributed by atoms with Crippen LogP contribution < -0.4 is 5.32 Å². The highest BCUT2D eigenvalue weighted by Crippen LogP contribution is 2.10. The molecule has 0 aromatic heterocycles. The molecule has 26 heavy (non-hydrogen) atoms. The van der Waals surface area contributed by atoms with E-state index < -0.39 is 23.9 Å². The minimum atomic E-state index is -0.529. The quantitative estimate of drug-likeness (QED) is 0.182. The summed E-state index contributed by atoms with van der Waals surface area (Å²) in [7, 11) is 0. The molecule has 1 atom stereocenters. The molecule has 1 unspecified atom stereocenters. The van der Waals surface area contributed by atoms with E-state index >= 15 is 0 Å². The van der Waals surface area contributed by atoms with Gasteiger partial charge >= 0.3 is 0 Å². The van der Waals surface area contributed by atoms with Gasteiger partial charge in [-0.3, -0.25) is 28.9 Å². The Morgan fingerprint density at radius 2 is 1.92 bits per heavy atom. The summed E-state index contributed by atoms with van der Waals surface area (Å²) in [6.45, 7) is 3.08. The maximum atomic E-state index is 11.7. The molecule has 1 rings (SSSR count). The van der Waals surface area contributed by atoms with Crippen LogP contribution in [-0.4, -0.2) is 73.1 Å². The fourth-order valence-electron chi connectivity index (χ4n) is 2.36. The number of amides is 3. The molecule has 10 heteroatoms. The Hall–Kier alpha value is -2.75. The molecule has 3 amide bonds. The average molecular weight is 369 g/mol. The van der Waals surface area contributed by atoms with Crippen LogP contribution in [0.5, 0.6) is 0 Å². The van der Waals surface area contributed by atoms with Crippen molar-refractivity contribution < 1.29 is 33.4 Å². The highest BCUT2D eigenvalue weighted by molar-refractivity contribution is 6.14. The molecule has 1 aliphatic rings. The van der Waals surface area contributed by atoms with Gasteiger partial charge in [0.25, 0.3) is 24.8 Å². The van der Waals surface area contributed by atoms with E-state index in [0.717, 1.165) is 17.1 Å². The molecule has 0 radical (unpaired) electrons. The molecule has 0 spiro atoms. The molecule has 0 aromatic rings. The predicted octanol–water partition coefficient (Wildman–Crippen LogP) is -0.851. The van der Waals surface area contributed by atoms with E-state index in [2.05, 4.69) is 10.1 Å². The maximum Gasteiger partial charge on any atom is 0.294 e. The van der Waals surface area contributed by atoms with E-state index in [1.54, 1.807) is 4.90 Å². The zero-order valence-electron chi connectivity index (χ0n) is 14.6. The van der Waals surface area contributed by atoms with Crippen LogP contribution in [0.3, 0.4) is 0 Å². The lowest BCUT2D eigenvalue weighted by Gasteiger charge is -2.27. The molecule has 1 heterocycles. The molecule has 0 aromatic carbocycles. The molecule has 0 aliphatic carbocycles. The van der Waals surface area contributed by atoms with Crippen molar-refractivity contribution in [2.24, 2.45) is 0 Å². The monoisotopic (exact) mass is 369 g/mol. The largest absolute Gasteiger partial charge is 0.452 e. The van der Waals surface area contributed by atoms with Crippen molar-refractivity contribution in [3.63, 3.8) is 0 Å². The number of nitrogens with zero attached hydrogens (tertiary/aromatic N) is 2. The van der Waals surface area contributed by atoms with E-state index in [4.69, 9.17) is 4.74 Å². The smallest absolute Gasteiger partial charge is 0.294 e. The normalized spacial score (nSPS) is 14.5. The molecule has 1 aliphatic heterocycles. The topological polar surface area (TPSA) is 122 Å². The number of nitrogens with one attached hydrogen (secondary N) is 1. The van der Waals surface area contributed by atoms with Gasteiger partial charge in [-0.05, 0) is 19.3 Å². The fourth-order valence-corrected chi connectivity index (χ4v) is 2.36. The maximum absolute atomic E-state index is 11.7. The summed E-state index contributed by atoms with van der Waals surface area (Å²) in [4.78, 5) is 57.9. The summed E-state index contributed by atoms with van der Waals surface area (Å²) in [5, 5.41) is 2.63. The number of rotatable bonds is 14. The summed E-state index contributed by atoms with van der Waals surface area (Å²) in [5.41, 5.74) is 0. The molecular weight excluding hydrogens is 346 g/mol. The fraction of sp³-hybridized carbons (Fsp3) is 0.562. The van der Waals surface area contributed by atoms with E-state index in [-0.39, 0.29) is 13.3 Å². The standard InChI is InChI=1S/C16H23N3O7/c1-2-18(10-25-11-20)16(26-12-21)5-3-4-8-17-13(22)9-19-14(23)6-7-15(19)24/h6-7,11-12,16H,2-5,8-10H2,1H3,(H,17,22). The minimum absolute atomic E-state index is 0.0150. The van der Waals surface area contributed by atoms with Crippen LogP contribution in [0, 0.1) is 0 Å². The number of carbonyl (C=O) groups excluding carboxylic acids is 5. The van der Waals surface area contributed by atoms with Crippen molar-refractivity contribution in [3.8, 4) is 0 Å². The first-order chi connectivity index (χ1) is 12.5. The molecule has 10 nitrogen and oxygen atoms in total. The van der Waals surface area contributed by atoms with E-state index in [1.807, 2.05) is 6.92 Å². The lowest BCUT2D eigenvalue weighted by Crippen LogP contribution is -2.41. The van der Waals surface area contributed by atoms with Gasteiger partial charge in [0.05, 0.1) is 0 Å². The zero-order chi connectivity index (χ0) is 19.4. The minimum Gasteiger partial charge on any atom is -0.452 e. The second-order valence-corrected chi connectivity index (χ2v) is 5.43. The van der Waals surface area contributed by atoms with Crippen molar-refractivity contribution in [2.45, 2.75) is 32.4 Å². The summed E-state index contributed by atoms with van der Waals surface area (Å²) in [6.07, 6.45) is 3.46. The summed E-state index contributed by atoms with van der Waals surface area (Å²) < 4.78 is 9.69. The highest BCUT2D eigenvalue weighted by Gasteiger charge is 2.25. The van der Waals surface area contributed by atoms with Crippen molar-refractivity contribution in [1.82, 2.24) is 15.1 Å². The second kappa shape index (κ2) is 11.7. The third-order valence-electron chi connectivity index (χ3n) is 3.74. The molecular formula is C16H23N3O7. The zero-order valence-corrected chi connectivity index (χ0v) is 14.6. The van der Waals surface area contributed by atoms with Crippen LogP contribution in [0.2, 0.25) is 0 Å². The van der Waals surface area contributed by atoms with Crippen LogP contribution in [0.1, 0.15) is 26.2 Å². The van der Waals surface area contributed by atoms with E-state index in [9.17, 15) is 24.0 Å². The first kappa shape index (κ1) is 21.3. The van der Waals surface area contributed by atoms with Crippen molar-refractivity contribution in [1.29, 1.82) is 0 Å². The lowest BCUT2D eigenvalue weighted by molar-refractivity contribution is -0.154. The van der Waals surface area contributed by atoms with Gasteiger partial charge in [0.15, 0.2) is 6.23 Å². The second-order valence-electron chi connectivity index (χ2n) is 5.43. The number of hydrogen-bond donors (Lipinski definition) is 1. The Morgan fingerprint density at radius 1 is 1.23 bits per heavy atom. The van der Waals surface area contributed by atoms with Gasteiger partial charge in [0.2, 0.25) is 5.91 Å². The third kappa shape index (κ3) is 7.01. The van der Waals surface area contributed by atoms with Gasteiger partial charge in [-0.15, -0.1) is 0 Å². The van der Waals surface area contributed by atoms with E-state index in [1.165, 1.54) is 0 Å². The third-order valence-corrected chi connectivity index (χ3v) is 3.74. The Labute approximate surface area is 151 Å². The first-order valence-corrected chi connectivity index (χ1v) is 8.22. The summed E-state index contributed by atoms with van der Waals surface area (Å²) in [6, 6.07) is 0. The van der Waals surface area contributed by atoms with Gasteiger partial charge < -0.3 is 14.8 Å². The van der Waals surface area contributed by atoms with Crippen LogP contribution in [-0.2, 0) is 33.4 Å². The van der Waals surface area contributed by atoms with Crippen molar-refractivity contribution in [3.05, 3.63) is 12.2 Å². The molecule has 1 N–H and O–H groups in total. The van der Waals surface area contributed by atoms with Gasteiger partial charge in [-0.2, -0.15) is 0 Å². The highest BCUT2D eigenvalue weighted by atomic mass is 16.6. The van der Waals surface area contributed by atoms with Gasteiger partial charge in [-0.25, -0.2) is 4.90 Å². The Bertz CT molecular complexity index is 532. The van der Waals surface area contributed by atoms with Gasteiger partial charge in [-0.1, -0.05) is 6.92 Å². The molecule has 0 saturated heterocycles. The molecule has 0 fully saturated rings. The molecule has 0 saturated carbocycles. The van der Waals surface area contributed by atoms with Crippen LogP contribution in [0.15, 0.2) is 12.2 Å². The average Bonchev–Trinajstić information content (AvgIpc) is 2.93. The SMILES string of the molecule is CCN(COC=O)C(CCCCNC(=O)CN1C(=O)C=CC1=O)OC=O. The Morgan fingerprint density at radius 3 is 2.50 bits per heavy atom. The number of imide groups is 1. The van der Waals surface area contributed by atoms with Crippen molar-refractivity contribution >= 4 is 30.7 Å². The number of hydrogen-bond acceptors (Lipinski definition) is 8. The van der Waals surface area contributed by atoms with Crippen LogP contribution in [0.4, 0.5) is 0 Å². The lowest BCUT2D eigenvalue weighted by atomic mass is 10.2. The van der Waals surface area contributed by atoms with Crippen LogP contribution >= 0.6 is 0 Å². The van der Waals surface area contributed by atoms with Crippen molar-refractivity contribution in [2.75, 3.05) is 26.4 Å². The molecule has 144 valence electrons. The summed E-state index contributed by atoms with van der Waals surface area (Å²) >= 11 is 0. The Kier molecular flexibility index (Phi) is 9.62. The van der Waals surface area contributed by atoms with Gasteiger partial charge in [0, 0.05) is 25.2 Å². The predicted molar refractivity (Wildman–Crippen MR) is 88.1 cm³/mol. The number of ether oxygens (including phenoxy) is 2. The number of carbonyl (C=O) groups is 5. The number of unbranched alkanes of at least 4 members (excludes halogenated alkanes) is 1. The first-order valence-electron chi connectivity index (χ1n) is 8.22. The van der Waals surface area contributed by atoms with E-state index in [0.29, 0.717) is 45.3 Å². The van der Waals surface area contributed by atoms with Gasteiger partial charge in [0.1, 0.15) is 13.3 Å². The summed E-state index contributed by atoms with van der Waals surface area (Å²) in [5.74, 6) is -1.43.